The van der Waals surface area contributed by atoms with Crippen LogP contribution in [0.1, 0.15) is 16.1 Å². The molecule has 1 aromatic carbocycles. The number of nitrogens with one attached hydrogen (secondary N) is 1. The fraction of sp³-hybridized carbons (Fsp3) is 0.250. The molecule has 0 bridgehead atoms. The summed E-state index contributed by atoms with van der Waals surface area (Å²) in [5, 5.41) is 2.69. The lowest BCUT2D eigenvalue weighted by Crippen LogP contribution is -2.28. The number of benzene rings is 1. The van der Waals surface area contributed by atoms with E-state index in [0.717, 1.165) is 11.3 Å². The van der Waals surface area contributed by atoms with Crippen LogP contribution in [0.25, 0.3) is 0 Å². The Labute approximate surface area is 142 Å². The quantitative estimate of drug-likeness (QED) is 0.779. The summed E-state index contributed by atoms with van der Waals surface area (Å²) in [7, 11) is 3.92. The Balaban J connectivity index is 1.75. The van der Waals surface area contributed by atoms with Gasteiger partial charge in [-0.25, -0.2) is 4.79 Å². The fourth-order valence-corrected chi connectivity index (χ4v) is 2.10. The lowest BCUT2D eigenvalue weighted by Gasteiger charge is -2.12. The predicted octanol–water partition coefficient (Wildman–Crippen LogP) is 2.58. The van der Waals surface area contributed by atoms with E-state index in [1.54, 1.807) is 6.07 Å². The zero-order valence-electron chi connectivity index (χ0n) is 12.8. The van der Waals surface area contributed by atoms with Gasteiger partial charge in [0.15, 0.2) is 11.3 Å². The molecule has 122 valence electrons. The summed E-state index contributed by atoms with van der Waals surface area (Å²) in [6.45, 7) is 0.0172. The highest BCUT2D eigenvalue weighted by molar-refractivity contribution is 9.10. The highest BCUT2D eigenvalue weighted by Gasteiger charge is 2.13. The van der Waals surface area contributed by atoms with Crippen LogP contribution in [-0.2, 0) is 16.1 Å². The van der Waals surface area contributed by atoms with Gasteiger partial charge in [-0.3, -0.25) is 4.79 Å². The predicted molar refractivity (Wildman–Crippen MR) is 89.3 cm³/mol. The highest BCUT2D eigenvalue weighted by atomic mass is 79.9. The Bertz CT molecular complexity index is 680. The summed E-state index contributed by atoms with van der Waals surface area (Å²) < 4.78 is 10.3. The summed E-state index contributed by atoms with van der Waals surface area (Å²) in [6, 6.07) is 10.8. The molecule has 0 aliphatic carbocycles. The van der Waals surface area contributed by atoms with Gasteiger partial charge in [0.25, 0.3) is 5.91 Å². The Morgan fingerprint density at radius 1 is 1.17 bits per heavy atom. The Morgan fingerprint density at radius 3 is 2.43 bits per heavy atom. The molecule has 6 nitrogen and oxygen atoms in total. The topological polar surface area (TPSA) is 71.8 Å². The van der Waals surface area contributed by atoms with Crippen molar-refractivity contribution >= 4 is 33.5 Å². The van der Waals surface area contributed by atoms with E-state index < -0.39 is 5.97 Å². The number of rotatable bonds is 6. The van der Waals surface area contributed by atoms with E-state index in [9.17, 15) is 9.59 Å². The van der Waals surface area contributed by atoms with Crippen molar-refractivity contribution < 1.29 is 18.7 Å². The lowest BCUT2D eigenvalue weighted by molar-refractivity contribution is -0.124. The number of hydrogen-bond acceptors (Lipinski definition) is 5. The summed E-state index contributed by atoms with van der Waals surface area (Å²) in [6.07, 6.45) is 0. The summed E-state index contributed by atoms with van der Waals surface area (Å²) >= 11 is 3.09. The molecule has 1 aromatic heterocycles. The van der Waals surface area contributed by atoms with Crippen molar-refractivity contribution in [3.63, 3.8) is 0 Å². The van der Waals surface area contributed by atoms with Crippen LogP contribution in [0.2, 0.25) is 0 Å². The number of halogens is 1. The van der Waals surface area contributed by atoms with Gasteiger partial charge in [0.05, 0.1) is 0 Å². The van der Waals surface area contributed by atoms with Gasteiger partial charge in [0.2, 0.25) is 5.76 Å². The monoisotopic (exact) mass is 380 g/mol. The minimum absolute atomic E-state index is 0.0453. The van der Waals surface area contributed by atoms with Crippen molar-refractivity contribution in [1.82, 2.24) is 5.32 Å². The standard InChI is InChI=1S/C16H17BrN2O4/c1-19(2)12-5-3-11(4-6-12)9-18-15(20)10-22-16(21)13-7-8-14(17)23-13/h3-8H,9-10H2,1-2H3,(H,18,20). The van der Waals surface area contributed by atoms with Gasteiger partial charge in [-0.1, -0.05) is 12.1 Å². The molecule has 0 saturated carbocycles. The Morgan fingerprint density at radius 2 is 1.87 bits per heavy atom. The molecule has 2 rings (SSSR count). The van der Waals surface area contributed by atoms with Crippen LogP contribution >= 0.6 is 15.9 Å². The molecule has 2 aromatic rings. The molecule has 0 radical (unpaired) electrons. The number of carbonyl (C=O) groups is 2. The molecule has 0 aliphatic heterocycles. The maximum Gasteiger partial charge on any atom is 0.374 e. The molecule has 1 N–H and O–H groups in total. The molecule has 23 heavy (non-hydrogen) atoms. The Hall–Kier alpha value is -2.28. The van der Waals surface area contributed by atoms with Gasteiger partial charge >= 0.3 is 5.97 Å². The minimum Gasteiger partial charge on any atom is -0.450 e. The van der Waals surface area contributed by atoms with E-state index >= 15 is 0 Å². The van der Waals surface area contributed by atoms with Crippen LogP contribution in [-0.4, -0.2) is 32.6 Å². The van der Waals surface area contributed by atoms with E-state index in [0.29, 0.717) is 11.2 Å². The van der Waals surface area contributed by atoms with E-state index in [1.807, 2.05) is 43.3 Å². The van der Waals surface area contributed by atoms with Crippen LogP contribution in [0.15, 0.2) is 45.5 Å². The Kier molecular flexibility index (Phi) is 5.81. The van der Waals surface area contributed by atoms with E-state index in [4.69, 9.17) is 9.15 Å². The van der Waals surface area contributed by atoms with Crippen molar-refractivity contribution in [2.75, 3.05) is 25.6 Å². The number of hydrogen-bond donors (Lipinski definition) is 1. The second-order valence-corrected chi connectivity index (χ2v) is 5.80. The average Bonchev–Trinajstić information content (AvgIpc) is 2.97. The third-order valence-corrected chi connectivity index (χ3v) is 3.48. The molecule has 0 spiro atoms. The molecule has 0 atom stereocenters. The van der Waals surface area contributed by atoms with Crippen molar-refractivity contribution in [1.29, 1.82) is 0 Å². The number of nitrogens with zero attached hydrogens (tertiary/aromatic N) is 1. The van der Waals surface area contributed by atoms with Gasteiger partial charge in [-0.05, 0) is 45.8 Å². The van der Waals surface area contributed by atoms with Gasteiger partial charge in [0.1, 0.15) is 0 Å². The van der Waals surface area contributed by atoms with E-state index in [-0.39, 0.29) is 18.3 Å². The zero-order valence-corrected chi connectivity index (χ0v) is 14.4. The van der Waals surface area contributed by atoms with Gasteiger partial charge in [-0.2, -0.15) is 0 Å². The van der Waals surface area contributed by atoms with Crippen LogP contribution in [0, 0.1) is 0 Å². The van der Waals surface area contributed by atoms with Gasteiger partial charge < -0.3 is 19.4 Å². The lowest BCUT2D eigenvalue weighted by atomic mass is 10.2. The molecule has 7 heteroatoms. The first-order valence-corrected chi connectivity index (χ1v) is 7.70. The number of esters is 1. The average molecular weight is 381 g/mol. The van der Waals surface area contributed by atoms with Crippen molar-refractivity contribution in [3.8, 4) is 0 Å². The van der Waals surface area contributed by atoms with Crippen molar-refractivity contribution in [3.05, 3.63) is 52.4 Å². The SMILES string of the molecule is CN(C)c1ccc(CNC(=O)COC(=O)c2ccc(Br)o2)cc1. The molecule has 0 unspecified atom stereocenters. The first kappa shape index (κ1) is 17.1. The highest BCUT2D eigenvalue weighted by Crippen LogP contribution is 2.15. The number of furan rings is 1. The molecule has 1 heterocycles. The van der Waals surface area contributed by atoms with Crippen LogP contribution in [0.4, 0.5) is 5.69 Å². The minimum atomic E-state index is -0.679. The summed E-state index contributed by atoms with van der Waals surface area (Å²) in [5.41, 5.74) is 2.05. The summed E-state index contributed by atoms with van der Waals surface area (Å²) in [4.78, 5) is 25.3. The maximum absolute atomic E-state index is 11.7. The normalized spacial score (nSPS) is 10.2. The van der Waals surface area contributed by atoms with Crippen LogP contribution in [0.3, 0.4) is 0 Å². The number of ether oxygens (including phenoxy) is 1. The van der Waals surface area contributed by atoms with Crippen molar-refractivity contribution in [2.24, 2.45) is 0 Å². The molecule has 0 aliphatic rings. The smallest absolute Gasteiger partial charge is 0.374 e. The second-order valence-electron chi connectivity index (χ2n) is 5.02. The van der Waals surface area contributed by atoms with Gasteiger partial charge in [-0.15, -0.1) is 0 Å². The first-order chi connectivity index (χ1) is 11.0. The molecular weight excluding hydrogens is 364 g/mol. The fourth-order valence-electron chi connectivity index (χ4n) is 1.79. The third kappa shape index (κ3) is 5.14. The number of anilines is 1. The van der Waals surface area contributed by atoms with E-state index in [2.05, 4.69) is 21.2 Å². The molecule has 0 saturated heterocycles. The first-order valence-electron chi connectivity index (χ1n) is 6.91. The van der Waals surface area contributed by atoms with Crippen LogP contribution in [0.5, 0.6) is 0 Å². The third-order valence-electron chi connectivity index (χ3n) is 3.05. The number of carbonyl (C=O) groups excluding carboxylic acids is 2. The van der Waals surface area contributed by atoms with E-state index in [1.165, 1.54) is 6.07 Å². The zero-order chi connectivity index (χ0) is 16.8. The van der Waals surface area contributed by atoms with Crippen molar-refractivity contribution in [2.45, 2.75) is 6.54 Å². The second kappa shape index (κ2) is 7.82. The largest absolute Gasteiger partial charge is 0.450 e. The van der Waals surface area contributed by atoms with Gasteiger partial charge in [0, 0.05) is 26.3 Å². The molecule has 1 amide bonds. The van der Waals surface area contributed by atoms with Crippen LogP contribution < -0.4 is 10.2 Å². The summed E-state index contributed by atoms with van der Waals surface area (Å²) in [5.74, 6) is -1.01. The molecular formula is C16H17BrN2O4. The maximum atomic E-state index is 11.7. The molecule has 0 fully saturated rings. The number of amides is 1.